The first-order valence-corrected chi connectivity index (χ1v) is 8.42. The highest BCUT2D eigenvalue weighted by Crippen LogP contribution is 2.30. The van der Waals surface area contributed by atoms with E-state index in [-0.39, 0.29) is 5.92 Å². The van der Waals surface area contributed by atoms with Gasteiger partial charge in [-0.1, -0.05) is 45.4 Å². The van der Waals surface area contributed by atoms with Crippen LogP contribution in [0, 0.1) is 29.1 Å². The predicted octanol–water partition coefficient (Wildman–Crippen LogP) is 4.26. The van der Waals surface area contributed by atoms with Gasteiger partial charge < -0.3 is 5.32 Å². The van der Waals surface area contributed by atoms with Crippen LogP contribution in [0.4, 0.5) is 0 Å². The number of nitrogens with one attached hydrogen (secondary N) is 1. The van der Waals surface area contributed by atoms with Crippen molar-refractivity contribution < 1.29 is 0 Å². The highest BCUT2D eigenvalue weighted by atomic mass is 14.9. The minimum absolute atomic E-state index is 0.257. The van der Waals surface area contributed by atoms with Gasteiger partial charge in [-0.15, -0.1) is 0 Å². The Morgan fingerprint density at radius 2 is 1.89 bits per heavy atom. The number of rotatable bonds is 4. The highest BCUT2D eigenvalue weighted by Gasteiger charge is 2.24. The van der Waals surface area contributed by atoms with Crippen LogP contribution in [-0.4, -0.2) is 12.6 Å². The third-order valence-corrected chi connectivity index (χ3v) is 5.19. The van der Waals surface area contributed by atoms with Gasteiger partial charge in [-0.3, -0.25) is 0 Å². The molecule has 2 saturated carbocycles. The van der Waals surface area contributed by atoms with Crippen molar-refractivity contribution in [3.63, 3.8) is 0 Å². The van der Waals surface area contributed by atoms with Gasteiger partial charge in [-0.05, 0) is 44.1 Å². The Kier molecular flexibility index (Phi) is 6.17. The summed E-state index contributed by atoms with van der Waals surface area (Å²) < 4.78 is 0. The summed E-state index contributed by atoms with van der Waals surface area (Å²) in [6.07, 6.45) is 13.2. The van der Waals surface area contributed by atoms with Gasteiger partial charge in [-0.25, -0.2) is 0 Å². The molecule has 2 heteroatoms. The molecule has 0 aromatic heterocycles. The predicted molar refractivity (Wildman–Crippen MR) is 79.7 cm³/mol. The molecule has 0 heterocycles. The van der Waals surface area contributed by atoms with E-state index in [9.17, 15) is 5.26 Å². The van der Waals surface area contributed by atoms with Crippen LogP contribution in [-0.2, 0) is 0 Å². The minimum atomic E-state index is 0.257. The maximum Gasteiger partial charge on any atom is 0.0672 e. The first-order valence-electron chi connectivity index (χ1n) is 8.42. The van der Waals surface area contributed by atoms with Crippen LogP contribution in [0.1, 0.15) is 71.1 Å². The van der Waals surface area contributed by atoms with Crippen molar-refractivity contribution in [3.05, 3.63) is 0 Å². The fourth-order valence-corrected chi connectivity index (χ4v) is 4.00. The molecule has 0 amide bonds. The molecule has 4 unspecified atom stereocenters. The van der Waals surface area contributed by atoms with Gasteiger partial charge in [0, 0.05) is 6.04 Å². The molecule has 0 aliphatic heterocycles. The van der Waals surface area contributed by atoms with E-state index >= 15 is 0 Å². The zero-order valence-corrected chi connectivity index (χ0v) is 12.5. The molecule has 0 aromatic rings. The topological polar surface area (TPSA) is 35.8 Å². The molecule has 2 nitrogen and oxygen atoms in total. The summed E-state index contributed by atoms with van der Waals surface area (Å²) in [4.78, 5) is 0. The molecule has 0 spiro atoms. The summed E-state index contributed by atoms with van der Waals surface area (Å²) >= 11 is 0. The van der Waals surface area contributed by atoms with Gasteiger partial charge in [-0.2, -0.15) is 5.26 Å². The molecule has 1 N–H and O–H groups in total. The lowest BCUT2D eigenvalue weighted by Gasteiger charge is -2.28. The summed E-state index contributed by atoms with van der Waals surface area (Å²) in [5, 5.41) is 13.0. The maximum atomic E-state index is 9.28. The molecule has 2 aliphatic rings. The lowest BCUT2D eigenvalue weighted by Crippen LogP contribution is -2.36. The van der Waals surface area contributed by atoms with Crippen molar-refractivity contribution in [2.24, 2.45) is 17.8 Å². The quantitative estimate of drug-likeness (QED) is 0.768. The lowest BCUT2D eigenvalue weighted by molar-refractivity contribution is 0.260. The average molecular weight is 262 g/mol. The molecule has 4 atom stereocenters. The van der Waals surface area contributed by atoms with Crippen molar-refractivity contribution in [2.75, 3.05) is 6.54 Å². The fraction of sp³-hybridized carbons (Fsp3) is 0.941. The van der Waals surface area contributed by atoms with E-state index in [1.54, 1.807) is 0 Å². The maximum absolute atomic E-state index is 9.28. The number of nitriles is 1. The molecule has 19 heavy (non-hydrogen) atoms. The van der Waals surface area contributed by atoms with Gasteiger partial charge in [0.05, 0.1) is 12.0 Å². The Morgan fingerprint density at radius 3 is 2.68 bits per heavy atom. The number of nitrogens with zero attached hydrogens (tertiary/aromatic N) is 1. The van der Waals surface area contributed by atoms with Crippen LogP contribution < -0.4 is 5.32 Å². The first kappa shape index (κ1) is 14.9. The second-order valence-electron chi connectivity index (χ2n) is 6.86. The van der Waals surface area contributed by atoms with Gasteiger partial charge in [0.15, 0.2) is 0 Å². The summed E-state index contributed by atoms with van der Waals surface area (Å²) in [5.74, 6) is 2.12. The van der Waals surface area contributed by atoms with Crippen LogP contribution >= 0.6 is 0 Å². The summed E-state index contributed by atoms with van der Waals surface area (Å²) in [6.45, 7) is 3.52. The van der Waals surface area contributed by atoms with Crippen LogP contribution in [0.25, 0.3) is 0 Å². The highest BCUT2D eigenvalue weighted by molar-refractivity contribution is 4.93. The van der Waals surface area contributed by atoms with E-state index in [0.29, 0.717) is 6.04 Å². The Bertz CT molecular complexity index is 294. The molecule has 2 aliphatic carbocycles. The van der Waals surface area contributed by atoms with Crippen molar-refractivity contribution in [1.82, 2.24) is 5.32 Å². The van der Waals surface area contributed by atoms with Crippen molar-refractivity contribution in [3.8, 4) is 6.07 Å². The second kappa shape index (κ2) is 7.90. The lowest BCUT2D eigenvalue weighted by atomic mass is 9.81. The van der Waals surface area contributed by atoms with Crippen LogP contribution in [0.3, 0.4) is 0 Å². The summed E-state index contributed by atoms with van der Waals surface area (Å²) in [5.41, 5.74) is 0. The Hall–Kier alpha value is -0.550. The van der Waals surface area contributed by atoms with E-state index in [2.05, 4.69) is 18.3 Å². The number of hydrogen-bond acceptors (Lipinski definition) is 2. The minimum Gasteiger partial charge on any atom is -0.313 e. The van der Waals surface area contributed by atoms with Gasteiger partial charge in [0.2, 0.25) is 0 Å². The largest absolute Gasteiger partial charge is 0.313 e. The third-order valence-electron chi connectivity index (χ3n) is 5.19. The first-order chi connectivity index (χ1) is 9.29. The molecule has 2 fully saturated rings. The van der Waals surface area contributed by atoms with Crippen LogP contribution in [0.5, 0.6) is 0 Å². The van der Waals surface area contributed by atoms with E-state index < -0.39 is 0 Å². The Balaban J connectivity index is 1.70. The Labute approximate surface area is 119 Å². The standard InChI is InChI=1S/C17H30N2/c1-14-6-5-7-15(12-14)10-11-19-17-9-4-2-3-8-16(17)13-18/h14-17,19H,2-12H2,1H3. The molecule has 0 bridgehead atoms. The molecular weight excluding hydrogens is 232 g/mol. The number of hydrogen-bond donors (Lipinski definition) is 1. The second-order valence-corrected chi connectivity index (χ2v) is 6.86. The normalized spacial score (nSPS) is 36.4. The molecule has 0 radical (unpaired) electrons. The van der Waals surface area contributed by atoms with Gasteiger partial charge >= 0.3 is 0 Å². The van der Waals surface area contributed by atoms with Crippen molar-refractivity contribution in [1.29, 1.82) is 5.26 Å². The average Bonchev–Trinajstić information content (AvgIpc) is 2.64. The van der Waals surface area contributed by atoms with Gasteiger partial charge in [0.25, 0.3) is 0 Å². The van der Waals surface area contributed by atoms with Gasteiger partial charge in [0.1, 0.15) is 0 Å². The summed E-state index contributed by atoms with van der Waals surface area (Å²) in [6, 6.07) is 2.99. The Morgan fingerprint density at radius 1 is 1.05 bits per heavy atom. The summed E-state index contributed by atoms with van der Waals surface area (Å²) in [7, 11) is 0. The van der Waals surface area contributed by atoms with Crippen LogP contribution in [0.2, 0.25) is 0 Å². The molecule has 0 saturated heterocycles. The van der Waals surface area contributed by atoms with E-state index in [1.165, 1.54) is 57.8 Å². The van der Waals surface area contributed by atoms with E-state index in [4.69, 9.17) is 0 Å². The molecule has 108 valence electrons. The SMILES string of the molecule is CC1CCCC(CCNC2CCCCCC2C#N)C1. The molecule has 2 rings (SSSR count). The van der Waals surface area contributed by atoms with E-state index in [1.807, 2.05) is 0 Å². The molecular formula is C17H30N2. The van der Waals surface area contributed by atoms with E-state index in [0.717, 1.165) is 24.8 Å². The third kappa shape index (κ3) is 4.80. The van der Waals surface area contributed by atoms with Crippen LogP contribution in [0.15, 0.2) is 0 Å². The molecule has 0 aromatic carbocycles. The van der Waals surface area contributed by atoms with Crippen molar-refractivity contribution >= 4 is 0 Å². The smallest absolute Gasteiger partial charge is 0.0672 e. The monoisotopic (exact) mass is 262 g/mol. The van der Waals surface area contributed by atoms with Crippen molar-refractivity contribution in [2.45, 2.75) is 77.2 Å². The zero-order valence-electron chi connectivity index (χ0n) is 12.5. The fourth-order valence-electron chi connectivity index (χ4n) is 4.00. The zero-order chi connectivity index (χ0) is 13.5.